The molecule has 6 nitrogen and oxygen atoms in total. The summed E-state index contributed by atoms with van der Waals surface area (Å²) in [5.74, 6) is 1.64. The van der Waals surface area contributed by atoms with Gasteiger partial charge in [-0.1, -0.05) is 59.7 Å². The van der Waals surface area contributed by atoms with Crippen molar-refractivity contribution in [3.8, 4) is 23.0 Å². The Morgan fingerprint density at radius 1 is 0.432 bits per heavy atom. The van der Waals surface area contributed by atoms with Crippen LogP contribution in [0.4, 0.5) is 0 Å². The van der Waals surface area contributed by atoms with Crippen molar-refractivity contribution in [2.24, 2.45) is 0 Å². The van der Waals surface area contributed by atoms with Gasteiger partial charge in [-0.05, 0) is 108 Å². The Morgan fingerprint density at radius 2 is 0.773 bits per heavy atom. The van der Waals surface area contributed by atoms with Crippen LogP contribution in [0.1, 0.15) is 31.8 Å². The predicted octanol–water partition coefficient (Wildman–Crippen LogP) is 8.51. The Bertz CT molecular complexity index is 1810. The molecule has 0 aliphatic rings. The summed E-state index contributed by atoms with van der Waals surface area (Å²) in [4.78, 5) is 25.2. The van der Waals surface area contributed by atoms with Crippen molar-refractivity contribution in [3.05, 3.63) is 144 Å². The van der Waals surface area contributed by atoms with Gasteiger partial charge in [-0.15, -0.1) is 0 Å². The van der Waals surface area contributed by atoms with E-state index in [-0.39, 0.29) is 0 Å². The molecule has 0 spiro atoms. The van der Waals surface area contributed by atoms with Crippen molar-refractivity contribution < 1.29 is 28.5 Å². The first-order valence-corrected chi connectivity index (χ1v) is 14.3. The first kappa shape index (κ1) is 28.5. The monoisotopic (exact) mass is 582 g/mol. The van der Waals surface area contributed by atoms with Crippen molar-refractivity contribution >= 4 is 33.5 Å². The molecule has 0 bridgehead atoms. The van der Waals surface area contributed by atoms with E-state index in [0.29, 0.717) is 47.3 Å². The molecule has 0 amide bonds. The Hall–Kier alpha value is -5.62. The number of carbonyl (C=O) groups is 2. The third-order valence-corrected chi connectivity index (χ3v) is 7.18. The van der Waals surface area contributed by atoms with Crippen molar-refractivity contribution in [2.45, 2.75) is 13.8 Å². The highest BCUT2D eigenvalue weighted by molar-refractivity contribution is 5.97. The highest BCUT2D eigenvalue weighted by atomic mass is 16.5. The molecule has 0 N–H and O–H groups in total. The van der Waals surface area contributed by atoms with Crippen LogP contribution in [0.3, 0.4) is 0 Å². The van der Waals surface area contributed by atoms with E-state index in [0.717, 1.165) is 32.7 Å². The number of hydrogen-bond acceptors (Lipinski definition) is 6. The molecule has 0 heterocycles. The molecule has 6 rings (SSSR count). The van der Waals surface area contributed by atoms with Gasteiger partial charge < -0.3 is 18.9 Å². The maximum atomic E-state index is 12.6. The average Bonchev–Trinajstić information content (AvgIpc) is 3.04. The summed E-state index contributed by atoms with van der Waals surface area (Å²) in [5.41, 5.74) is 3.16. The molecular formula is C38H30O6. The molecule has 44 heavy (non-hydrogen) atoms. The van der Waals surface area contributed by atoms with E-state index in [1.54, 1.807) is 36.4 Å². The summed E-state index contributed by atoms with van der Waals surface area (Å²) in [6, 6.07) is 37.1. The number of ether oxygens (including phenoxy) is 4. The predicted molar refractivity (Wildman–Crippen MR) is 171 cm³/mol. The van der Waals surface area contributed by atoms with Crippen LogP contribution in [-0.2, 0) is 0 Å². The zero-order valence-electron chi connectivity index (χ0n) is 24.4. The van der Waals surface area contributed by atoms with Gasteiger partial charge in [0.25, 0.3) is 0 Å². The molecule has 6 aromatic rings. The molecule has 6 aromatic carbocycles. The number of benzene rings is 6. The standard InChI is InChI=1S/C38H30O6/c1-25-3-13-33(14-4-25)43-37(39)31-9-7-29-23-35(17-11-27(29)21-31)41-19-20-42-36-18-12-28-22-32(10-8-30(28)24-36)38(40)44-34-15-5-26(2)6-16-34/h3-18,21-24H,19-20H2,1-2H3. The lowest BCUT2D eigenvalue weighted by Crippen LogP contribution is -2.09. The summed E-state index contributed by atoms with van der Waals surface area (Å²) >= 11 is 0. The third kappa shape index (κ3) is 6.88. The minimum Gasteiger partial charge on any atom is -0.490 e. The topological polar surface area (TPSA) is 71.1 Å². The molecule has 0 aromatic heterocycles. The summed E-state index contributed by atoms with van der Waals surface area (Å²) in [7, 11) is 0. The quantitative estimate of drug-likeness (QED) is 0.0967. The first-order valence-electron chi connectivity index (χ1n) is 14.3. The molecule has 0 aliphatic heterocycles. The van der Waals surface area contributed by atoms with Crippen LogP contribution in [0.2, 0.25) is 0 Å². The van der Waals surface area contributed by atoms with Gasteiger partial charge >= 0.3 is 11.9 Å². The number of esters is 2. The van der Waals surface area contributed by atoms with Crippen LogP contribution >= 0.6 is 0 Å². The molecule has 0 unspecified atom stereocenters. The highest BCUT2D eigenvalue weighted by Gasteiger charge is 2.11. The van der Waals surface area contributed by atoms with Crippen LogP contribution in [0.15, 0.2) is 121 Å². The fourth-order valence-electron chi connectivity index (χ4n) is 4.74. The molecule has 0 atom stereocenters. The number of hydrogen-bond donors (Lipinski definition) is 0. The molecule has 0 saturated heterocycles. The second kappa shape index (κ2) is 12.7. The fourth-order valence-corrected chi connectivity index (χ4v) is 4.74. The van der Waals surface area contributed by atoms with Crippen molar-refractivity contribution in [1.29, 1.82) is 0 Å². The van der Waals surface area contributed by atoms with Crippen LogP contribution in [0, 0.1) is 13.8 Å². The molecule has 218 valence electrons. The van der Waals surface area contributed by atoms with E-state index >= 15 is 0 Å². The maximum absolute atomic E-state index is 12.6. The van der Waals surface area contributed by atoms with Gasteiger partial charge in [-0.3, -0.25) is 0 Å². The van der Waals surface area contributed by atoms with Crippen LogP contribution < -0.4 is 18.9 Å². The van der Waals surface area contributed by atoms with Gasteiger partial charge in [-0.25, -0.2) is 9.59 Å². The lowest BCUT2D eigenvalue weighted by molar-refractivity contribution is 0.0725. The SMILES string of the molecule is Cc1ccc(OC(=O)c2ccc3cc(OCCOc4ccc5cc(C(=O)Oc6ccc(C)cc6)ccc5c4)ccc3c2)cc1. The van der Waals surface area contributed by atoms with Gasteiger partial charge in [0, 0.05) is 0 Å². The first-order chi connectivity index (χ1) is 21.4. The van der Waals surface area contributed by atoms with Crippen molar-refractivity contribution in [2.75, 3.05) is 13.2 Å². The van der Waals surface area contributed by atoms with Crippen molar-refractivity contribution in [3.63, 3.8) is 0 Å². The van der Waals surface area contributed by atoms with E-state index < -0.39 is 11.9 Å². The number of carbonyl (C=O) groups excluding carboxylic acids is 2. The van der Waals surface area contributed by atoms with Gasteiger partial charge in [0.2, 0.25) is 0 Å². The normalized spacial score (nSPS) is 10.9. The zero-order valence-corrected chi connectivity index (χ0v) is 24.4. The zero-order chi connectivity index (χ0) is 30.5. The molecular weight excluding hydrogens is 552 g/mol. The Balaban J connectivity index is 1.01. The molecule has 6 heteroatoms. The van der Waals surface area contributed by atoms with Gasteiger partial charge in [-0.2, -0.15) is 0 Å². The Morgan fingerprint density at radius 3 is 1.18 bits per heavy atom. The smallest absolute Gasteiger partial charge is 0.343 e. The number of fused-ring (bicyclic) bond motifs is 2. The number of aryl methyl sites for hydroxylation is 2. The van der Waals surface area contributed by atoms with E-state index in [1.165, 1.54) is 0 Å². The lowest BCUT2D eigenvalue weighted by Gasteiger charge is -2.11. The molecule has 0 fully saturated rings. The second-order valence-electron chi connectivity index (χ2n) is 10.5. The summed E-state index contributed by atoms with van der Waals surface area (Å²) < 4.78 is 22.8. The largest absolute Gasteiger partial charge is 0.490 e. The fraction of sp³-hybridized carbons (Fsp3) is 0.105. The third-order valence-electron chi connectivity index (χ3n) is 7.18. The van der Waals surface area contributed by atoms with Crippen molar-refractivity contribution in [1.82, 2.24) is 0 Å². The van der Waals surface area contributed by atoms with E-state index in [2.05, 4.69) is 0 Å². The Labute approximate surface area is 255 Å². The molecule has 0 aliphatic carbocycles. The summed E-state index contributed by atoms with van der Waals surface area (Å²) in [6.07, 6.45) is 0. The van der Waals surface area contributed by atoms with Crippen LogP contribution in [0.5, 0.6) is 23.0 Å². The average molecular weight is 583 g/mol. The minimum atomic E-state index is -0.400. The van der Waals surface area contributed by atoms with Crippen LogP contribution in [0.25, 0.3) is 21.5 Å². The second-order valence-corrected chi connectivity index (χ2v) is 10.5. The highest BCUT2D eigenvalue weighted by Crippen LogP contribution is 2.25. The maximum Gasteiger partial charge on any atom is 0.343 e. The van der Waals surface area contributed by atoms with E-state index in [1.807, 2.05) is 98.8 Å². The van der Waals surface area contributed by atoms with E-state index in [4.69, 9.17) is 18.9 Å². The number of rotatable bonds is 9. The van der Waals surface area contributed by atoms with E-state index in [9.17, 15) is 9.59 Å². The van der Waals surface area contributed by atoms with Crippen LogP contribution in [-0.4, -0.2) is 25.2 Å². The summed E-state index contributed by atoms with van der Waals surface area (Å²) in [5, 5.41) is 3.73. The Kier molecular flexibility index (Phi) is 8.23. The molecule has 0 saturated carbocycles. The molecule has 0 radical (unpaired) electrons. The summed E-state index contributed by atoms with van der Waals surface area (Å²) in [6.45, 7) is 4.68. The minimum absolute atomic E-state index is 0.355. The van der Waals surface area contributed by atoms with Gasteiger partial charge in [0.15, 0.2) is 0 Å². The lowest BCUT2D eigenvalue weighted by atomic mass is 10.1. The van der Waals surface area contributed by atoms with Gasteiger partial charge in [0.1, 0.15) is 36.2 Å². The van der Waals surface area contributed by atoms with Gasteiger partial charge in [0.05, 0.1) is 11.1 Å².